The summed E-state index contributed by atoms with van der Waals surface area (Å²) in [5, 5.41) is 12.8. The van der Waals surface area contributed by atoms with E-state index in [9.17, 15) is 9.90 Å². The Morgan fingerprint density at radius 2 is 2.00 bits per heavy atom. The van der Waals surface area contributed by atoms with Gasteiger partial charge in [0.15, 0.2) is 0 Å². The van der Waals surface area contributed by atoms with Crippen molar-refractivity contribution in [3.05, 3.63) is 35.9 Å². The maximum Gasteiger partial charge on any atom is 0.237 e. The molecule has 0 spiro atoms. The van der Waals surface area contributed by atoms with Crippen LogP contribution < -0.4 is 11.1 Å². The first-order valence-electron chi connectivity index (χ1n) is 6.74. The number of nitrogens with one attached hydrogen (secondary N) is 1. The van der Waals surface area contributed by atoms with Gasteiger partial charge in [0.2, 0.25) is 5.91 Å². The Balaban J connectivity index is 2.42. The van der Waals surface area contributed by atoms with E-state index in [4.69, 9.17) is 5.73 Å². The lowest BCUT2D eigenvalue weighted by Gasteiger charge is -2.27. The summed E-state index contributed by atoms with van der Waals surface area (Å²) in [6, 6.07) is 9.04. The molecule has 2 atom stereocenters. The SMILES string of the molecule is CN(C)CC(C)(O)CNC(=O)C(N)Cc1ccccc1. The molecule has 0 aliphatic carbocycles. The second-order valence-corrected chi connectivity index (χ2v) is 5.75. The van der Waals surface area contributed by atoms with Gasteiger partial charge in [0.05, 0.1) is 11.6 Å². The Morgan fingerprint density at radius 3 is 2.55 bits per heavy atom. The van der Waals surface area contributed by atoms with E-state index >= 15 is 0 Å². The smallest absolute Gasteiger partial charge is 0.237 e. The van der Waals surface area contributed by atoms with Crippen LogP contribution in [0.5, 0.6) is 0 Å². The van der Waals surface area contributed by atoms with Gasteiger partial charge in [-0.1, -0.05) is 30.3 Å². The van der Waals surface area contributed by atoms with Gasteiger partial charge in [0.25, 0.3) is 0 Å². The van der Waals surface area contributed by atoms with Crippen molar-refractivity contribution in [2.75, 3.05) is 27.2 Å². The van der Waals surface area contributed by atoms with E-state index in [0.717, 1.165) is 5.56 Å². The summed E-state index contributed by atoms with van der Waals surface area (Å²) in [7, 11) is 3.74. The zero-order chi connectivity index (χ0) is 15.2. The first-order chi connectivity index (χ1) is 9.30. The molecule has 0 bridgehead atoms. The molecule has 20 heavy (non-hydrogen) atoms. The zero-order valence-corrected chi connectivity index (χ0v) is 12.5. The highest BCUT2D eigenvalue weighted by molar-refractivity contribution is 5.81. The number of nitrogens with zero attached hydrogens (tertiary/aromatic N) is 1. The number of nitrogens with two attached hydrogens (primary N) is 1. The van der Waals surface area contributed by atoms with Crippen LogP contribution in [0.1, 0.15) is 12.5 Å². The topological polar surface area (TPSA) is 78.6 Å². The number of carbonyl (C=O) groups excluding carboxylic acids is 1. The van der Waals surface area contributed by atoms with Crippen molar-refractivity contribution in [1.82, 2.24) is 10.2 Å². The molecule has 4 N–H and O–H groups in total. The van der Waals surface area contributed by atoms with Gasteiger partial charge in [-0.25, -0.2) is 0 Å². The number of amides is 1. The highest BCUT2D eigenvalue weighted by atomic mass is 16.3. The van der Waals surface area contributed by atoms with Gasteiger partial charge in [-0.05, 0) is 33.0 Å². The summed E-state index contributed by atoms with van der Waals surface area (Å²) < 4.78 is 0. The Labute approximate surface area is 120 Å². The second kappa shape index (κ2) is 7.38. The fraction of sp³-hybridized carbons (Fsp3) is 0.533. The molecule has 0 radical (unpaired) electrons. The number of carbonyl (C=O) groups is 1. The largest absolute Gasteiger partial charge is 0.387 e. The van der Waals surface area contributed by atoms with Gasteiger partial charge >= 0.3 is 0 Å². The van der Waals surface area contributed by atoms with Gasteiger partial charge in [-0.3, -0.25) is 4.79 Å². The fourth-order valence-corrected chi connectivity index (χ4v) is 2.11. The van der Waals surface area contributed by atoms with Crippen molar-refractivity contribution in [2.45, 2.75) is 25.0 Å². The average molecular weight is 279 g/mol. The molecule has 1 amide bonds. The van der Waals surface area contributed by atoms with Crippen LogP contribution in [0.2, 0.25) is 0 Å². The Hall–Kier alpha value is -1.43. The van der Waals surface area contributed by atoms with Crippen molar-refractivity contribution in [3.63, 3.8) is 0 Å². The van der Waals surface area contributed by atoms with Gasteiger partial charge in [-0.15, -0.1) is 0 Å². The van der Waals surface area contributed by atoms with Crippen molar-refractivity contribution in [1.29, 1.82) is 0 Å². The number of aliphatic hydroxyl groups is 1. The van der Waals surface area contributed by atoms with Crippen LogP contribution in [0, 0.1) is 0 Å². The third-order valence-corrected chi connectivity index (χ3v) is 2.94. The van der Waals surface area contributed by atoms with Crippen LogP contribution in [0.3, 0.4) is 0 Å². The fourth-order valence-electron chi connectivity index (χ4n) is 2.11. The Bertz CT molecular complexity index is 418. The number of hydrogen-bond acceptors (Lipinski definition) is 4. The highest BCUT2D eigenvalue weighted by Gasteiger charge is 2.23. The van der Waals surface area contributed by atoms with Crippen molar-refractivity contribution >= 4 is 5.91 Å². The number of likely N-dealkylation sites (N-methyl/N-ethyl adjacent to an activating group) is 1. The van der Waals surface area contributed by atoms with E-state index in [2.05, 4.69) is 5.32 Å². The van der Waals surface area contributed by atoms with Gasteiger partial charge in [0.1, 0.15) is 0 Å². The predicted molar refractivity (Wildman–Crippen MR) is 80.3 cm³/mol. The zero-order valence-electron chi connectivity index (χ0n) is 12.5. The van der Waals surface area contributed by atoms with Crippen LogP contribution in [0.25, 0.3) is 0 Å². The van der Waals surface area contributed by atoms with E-state index < -0.39 is 11.6 Å². The monoisotopic (exact) mass is 279 g/mol. The summed E-state index contributed by atoms with van der Waals surface area (Å²) in [5.41, 5.74) is 5.93. The summed E-state index contributed by atoms with van der Waals surface area (Å²) in [6.45, 7) is 2.35. The third-order valence-electron chi connectivity index (χ3n) is 2.94. The molecular formula is C15H25N3O2. The predicted octanol–water partition coefficient (Wildman–Crippen LogP) is -0.0148. The molecule has 2 unspecified atom stereocenters. The molecule has 0 heterocycles. The normalized spacial score (nSPS) is 15.7. The van der Waals surface area contributed by atoms with Crippen LogP contribution in [-0.2, 0) is 11.2 Å². The molecular weight excluding hydrogens is 254 g/mol. The standard InChI is InChI=1S/C15H25N3O2/c1-15(20,11-18(2)3)10-17-14(19)13(16)9-12-7-5-4-6-8-12/h4-8,13,20H,9-11,16H2,1-3H3,(H,17,19). The van der Waals surface area contributed by atoms with E-state index in [1.165, 1.54) is 0 Å². The van der Waals surface area contributed by atoms with E-state index in [-0.39, 0.29) is 12.5 Å². The minimum absolute atomic E-state index is 0.187. The lowest BCUT2D eigenvalue weighted by molar-refractivity contribution is -0.123. The third kappa shape index (κ3) is 6.14. The first kappa shape index (κ1) is 16.6. The average Bonchev–Trinajstić information content (AvgIpc) is 2.35. The van der Waals surface area contributed by atoms with E-state index in [1.807, 2.05) is 49.3 Å². The van der Waals surface area contributed by atoms with Crippen LogP contribution in [0.4, 0.5) is 0 Å². The molecule has 0 aromatic heterocycles. The van der Waals surface area contributed by atoms with Gasteiger partial charge < -0.3 is 21.1 Å². The van der Waals surface area contributed by atoms with E-state index in [1.54, 1.807) is 6.92 Å². The maximum atomic E-state index is 11.9. The molecule has 0 fully saturated rings. The summed E-state index contributed by atoms with van der Waals surface area (Å²) in [5.74, 6) is -0.243. The van der Waals surface area contributed by atoms with E-state index in [0.29, 0.717) is 13.0 Å². The highest BCUT2D eigenvalue weighted by Crippen LogP contribution is 2.04. The van der Waals surface area contributed by atoms with Crippen molar-refractivity contribution in [2.24, 2.45) is 5.73 Å². The van der Waals surface area contributed by atoms with Crippen LogP contribution >= 0.6 is 0 Å². The number of rotatable bonds is 7. The molecule has 0 aliphatic rings. The second-order valence-electron chi connectivity index (χ2n) is 5.75. The molecule has 0 saturated heterocycles. The molecule has 5 heteroatoms. The van der Waals surface area contributed by atoms with Crippen LogP contribution in [-0.4, -0.2) is 54.7 Å². The summed E-state index contributed by atoms with van der Waals surface area (Å²) >= 11 is 0. The lowest BCUT2D eigenvalue weighted by Crippen LogP contribution is -2.51. The minimum Gasteiger partial charge on any atom is -0.387 e. The molecule has 5 nitrogen and oxygen atoms in total. The van der Waals surface area contributed by atoms with Crippen LogP contribution in [0.15, 0.2) is 30.3 Å². The van der Waals surface area contributed by atoms with Crippen molar-refractivity contribution in [3.8, 4) is 0 Å². The number of hydrogen-bond donors (Lipinski definition) is 3. The lowest BCUT2D eigenvalue weighted by atomic mass is 10.0. The summed E-state index contributed by atoms with van der Waals surface area (Å²) in [6.07, 6.45) is 0.489. The molecule has 1 rings (SSSR count). The quantitative estimate of drug-likeness (QED) is 0.656. The van der Waals surface area contributed by atoms with Gasteiger partial charge in [-0.2, -0.15) is 0 Å². The maximum absolute atomic E-state index is 11.9. The minimum atomic E-state index is -0.967. The first-order valence-corrected chi connectivity index (χ1v) is 6.74. The van der Waals surface area contributed by atoms with Crippen molar-refractivity contribution < 1.29 is 9.90 Å². The molecule has 0 aliphatic heterocycles. The number of benzene rings is 1. The molecule has 112 valence electrons. The Kier molecular flexibility index (Phi) is 6.13. The summed E-state index contributed by atoms with van der Waals surface area (Å²) in [4.78, 5) is 13.8. The van der Waals surface area contributed by atoms with Gasteiger partial charge in [0, 0.05) is 13.1 Å². The molecule has 1 aromatic rings. The molecule has 0 saturated carbocycles. The molecule has 1 aromatic carbocycles. The Morgan fingerprint density at radius 1 is 1.40 bits per heavy atom.